The minimum Gasteiger partial charge on any atom is -0.344 e. The fourth-order valence-electron chi connectivity index (χ4n) is 2.36. The molecule has 2 N–H and O–H groups in total. The van der Waals surface area contributed by atoms with Gasteiger partial charge in [0.1, 0.15) is 5.69 Å². The number of carbonyl (C=O) groups is 1. The number of hydrogen-bond donors (Lipinski definition) is 2. The fourth-order valence-corrected chi connectivity index (χ4v) is 2.36. The number of hydrogen-bond acceptors (Lipinski definition) is 2. The summed E-state index contributed by atoms with van der Waals surface area (Å²) >= 11 is 0. The SMILES string of the molecule is CCCc1cc(C(=O)N[C@H](C)c2ccccc2C(F)(F)F)n[nH]1. The van der Waals surface area contributed by atoms with E-state index >= 15 is 0 Å². The first-order valence-electron chi connectivity index (χ1n) is 7.34. The summed E-state index contributed by atoms with van der Waals surface area (Å²) in [5.74, 6) is -0.506. The lowest BCUT2D eigenvalue weighted by Gasteiger charge is -2.19. The van der Waals surface area contributed by atoms with Gasteiger partial charge in [-0.05, 0) is 31.0 Å². The minimum absolute atomic E-state index is 0.0256. The maximum atomic E-state index is 13.0. The molecule has 0 bridgehead atoms. The predicted octanol–water partition coefficient (Wildman–Crippen LogP) is 3.87. The molecule has 0 saturated carbocycles. The Kier molecular flexibility index (Phi) is 5.08. The molecule has 1 heterocycles. The number of aromatic amines is 1. The van der Waals surface area contributed by atoms with Gasteiger partial charge in [0.25, 0.3) is 5.91 Å². The van der Waals surface area contributed by atoms with Crippen molar-refractivity contribution >= 4 is 5.91 Å². The minimum atomic E-state index is -4.46. The molecule has 1 aromatic carbocycles. The van der Waals surface area contributed by atoms with Crippen molar-refractivity contribution < 1.29 is 18.0 Å². The van der Waals surface area contributed by atoms with Crippen LogP contribution >= 0.6 is 0 Å². The molecule has 2 rings (SSSR count). The van der Waals surface area contributed by atoms with Crippen LogP contribution in [0.3, 0.4) is 0 Å². The van der Waals surface area contributed by atoms with E-state index in [0.29, 0.717) is 0 Å². The second-order valence-corrected chi connectivity index (χ2v) is 5.31. The lowest BCUT2D eigenvalue weighted by molar-refractivity contribution is -0.138. The molecule has 1 aromatic heterocycles. The molecule has 0 aliphatic heterocycles. The van der Waals surface area contributed by atoms with Crippen molar-refractivity contribution in [2.75, 3.05) is 0 Å². The van der Waals surface area contributed by atoms with Gasteiger partial charge in [0, 0.05) is 5.69 Å². The van der Waals surface area contributed by atoms with Crippen LogP contribution in [-0.2, 0) is 12.6 Å². The second kappa shape index (κ2) is 6.85. The van der Waals surface area contributed by atoms with Crippen molar-refractivity contribution in [2.24, 2.45) is 0 Å². The van der Waals surface area contributed by atoms with E-state index < -0.39 is 23.7 Å². The van der Waals surface area contributed by atoms with Crippen molar-refractivity contribution in [1.82, 2.24) is 15.5 Å². The van der Waals surface area contributed by atoms with E-state index in [4.69, 9.17) is 0 Å². The highest BCUT2D eigenvalue weighted by Crippen LogP contribution is 2.34. The van der Waals surface area contributed by atoms with Crippen molar-refractivity contribution in [2.45, 2.75) is 38.9 Å². The third kappa shape index (κ3) is 4.12. The molecule has 0 fully saturated rings. The molecule has 124 valence electrons. The number of nitrogens with zero attached hydrogens (tertiary/aromatic N) is 1. The van der Waals surface area contributed by atoms with Gasteiger partial charge in [-0.3, -0.25) is 9.89 Å². The van der Waals surface area contributed by atoms with E-state index in [1.807, 2.05) is 6.92 Å². The highest BCUT2D eigenvalue weighted by molar-refractivity contribution is 5.92. The van der Waals surface area contributed by atoms with Gasteiger partial charge in [0.15, 0.2) is 0 Å². The van der Waals surface area contributed by atoms with Crippen LogP contribution in [0.1, 0.15) is 53.6 Å². The first kappa shape index (κ1) is 17.1. The molecule has 0 aliphatic carbocycles. The molecule has 0 radical (unpaired) electrons. The summed E-state index contributed by atoms with van der Waals surface area (Å²) in [5.41, 5.74) is 0.268. The second-order valence-electron chi connectivity index (χ2n) is 5.31. The monoisotopic (exact) mass is 325 g/mol. The van der Waals surface area contributed by atoms with Crippen LogP contribution in [0.2, 0.25) is 0 Å². The van der Waals surface area contributed by atoms with Gasteiger partial charge in [0.2, 0.25) is 0 Å². The Morgan fingerprint density at radius 2 is 2.04 bits per heavy atom. The lowest BCUT2D eigenvalue weighted by Crippen LogP contribution is -2.28. The number of nitrogens with one attached hydrogen (secondary N) is 2. The maximum absolute atomic E-state index is 13.0. The normalized spacial score (nSPS) is 12.9. The molecule has 1 amide bonds. The number of aromatic nitrogens is 2. The van der Waals surface area contributed by atoms with Gasteiger partial charge >= 0.3 is 6.18 Å². The highest BCUT2D eigenvalue weighted by Gasteiger charge is 2.34. The van der Waals surface area contributed by atoms with Crippen LogP contribution in [0.15, 0.2) is 30.3 Å². The van der Waals surface area contributed by atoms with E-state index in [1.54, 1.807) is 6.07 Å². The summed E-state index contributed by atoms with van der Waals surface area (Å²) in [6, 6.07) is 6.03. The fraction of sp³-hybridized carbons (Fsp3) is 0.375. The van der Waals surface area contributed by atoms with Crippen molar-refractivity contribution in [3.05, 3.63) is 52.8 Å². The summed E-state index contributed by atoms with van der Waals surface area (Å²) in [6.45, 7) is 3.51. The van der Waals surface area contributed by atoms with Gasteiger partial charge in [-0.15, -0.1) is 0 Å². The third-order valence-corrected chi connectivity index (χ3v) is 3.46. The topological polar surface area (TPSA) is 57.8 Å². The van der Waals surface area contributed by atoms with E-state index in [1.165, 1.54) is 25.1 Å². The molecule has 1 atom stereocenters. The Labute approximate surface area is 132 Å². The Morgan fingerprint density at radius 1 is 1.35 bits per heavy atom. The first-order valence-corrected chi connectivity index (χ1v) is 7.34. The summed E-state index contributed by atoms with van der Waals surface area (Å²) in [4.78, 5) is 12.1. The number of carbonyl (C=O) groups excluding carboxylic acids is 1. The molecular weight excluding hydrogens is 307 g/mol. The summed E-state index contributed by atoms with van der Waals surface area (Å²) in [5, 5.41) is 9.20. The molecule has 23 heavy (non-hydrogen) atoms. The molecular formula is C16H18F3N3O. The number of aryl methyl sites for hydroxylation is 1. The van der Waals surface area contributed by atoms with Crippen LogP contribution < -0.4 is 5.32 Å². The van der Waals surface area contributed by atoms with E-state index in [-0.39, 0.29) is 11.3 Å². The molecule has 7 heteroatoms. The largest absolute Gasteiger partial charge is 0.416 e. The summed E-state index contributed by atoms with van der Waals surface area (Å²) < 4.78 is 39.1. The van der Waals surface area contributed by atoms with Crippen molar-refractivity contribution in [3.8, 4) is 0 Å². The van der Waals surface area contributed by atoms with E-state index in [2.05, 4.69) is 15.5 Å². The average molecular weight is 325 g/mol. The quantitative estimate of drug-likeness (QED) is 0.877. The number of rotatable bonds is 5. The van der Waals surface area contributed by atoms with Crippen LogP contribution in [0.5, 0.6) is 0 Å². The number of alkyl halides is 3. The number of halogens is 3. The average Bonchev–Trinajstić information content (AvgIpc) is 2.95. The van der Waals surface area contributed by atoms with Crippen molar-refractivity contribution in [3.63, 3.8) is 0 Å². The Hall–Kier alpha value is -2.31. The molecule has 2 aromatic rings. The van der Waals surface area contributed by atoms with Gasteiger partial charge < -0.3 is 5.32 Å². The standard InChI is InChI=1S/C16H18F3N3O/c1-3-6-11-9-14(22-21-11)15(23)20-10(2)12-7-4-5-8-13(12)16(17,18)19/h4-5,7-10H,3,6H2,1-2H3,(H,20,23)(H,21,22)/t10-/m1/s1. The number of H-pyrrole nitrogens is 1. The summed E-state index contributed by atoms with van der Waals surface area (Å²) in [7, 11) is 0. The highest BCUT2D eigenvalue weighted by atomic mass is 19.4. The number of benzene rings is 1. The number of amides is 1. The molecule has 0 unspecified atom stereocenters. The lowest BCUT2D eigenvalue weighted by atomic mass is 10.0. The van der Waals surface area contributed by atoms with Gasteiger partial charge in [-0.1, -0.05) is 31.5 Å². The van der Waals surface area contributed by atoms with Crippen LogP contribution in [0, 0.1) is 0 Å². The van der Waals surface area contributed by atoms with Crippen LogP contribution in [-0.4, -0.2) is 16.1 Å². The smallest absolute Gasteiger partial charge is 0.344 e. The Bertz CT molecular complexity index is 679. The predicted molar refractivity (Wildman–Crippen MR) is 79.9 cm³/mol. The Morgan fingerprint density at radius 3 is 2.70 bits per heavy atom. The zero-order valence-corrected chi connectivity index (χ0v) is 12.9. The Balaban J connectivity index is 2.15. The zero-order valence-electron chi connectivity index (χ0n) is 12.9. The molecule has 0 aliphatic rings. The third-order valence-electron chi connectivity index (χ3n) is 3.46. The summed E-state index contributed by atoms with van der Waals surface area (Å²) in [6.07, 6.45) is -2.80. The molecule has 4 nitrogen and oxygen atoms in total. The molecule has 0 spiro atoms. The van der Waals surface area contributed by atoms with Crippen LogP contribution in [0.25, 0.3) is 0 Å². The van der Waals surface area contributed by atoms with Gasteiger partial charge in [0.05, 0.1) is 11.6 Å². The van der Waals surface area contributed by atoms with Gasteiger partial charge in [-0.25, -0.2) is 0 Å². The maximum Gasteiger partial charge on any atom is 0.416 e. The van der Waals surface area contributed by atoms with Gasteiger partial charge in [-0.2, -0.15) is 18.3 Å². The zero-order chi connectivity index (χ0) is 17.0. The van der Waals surface area contributed by atoms with E-state index in [0.717, 1.165) is 24.6 Å². The first-order chi connectivity index (χ1) is 10.8. The van der Waals surface area contributed by atoms with Crippen LogP contribution in [0.4, 0.5) is 13.2 Å². The van der Waals surface area contributed by atoms with E-state index in [9.17, 15) is 18.0 Å². The molecule has 0 saturated heterocycles. The van der Waals surface area contributed by atoms with Crippen molar-refractivity contribution in [1.29, 1.82) is 0 Å².